The van der Waals surface area contributed by atoms with Gasteiger partial charge in [-0.3, -0.25) is 0 Å². The molecule has 3 N–H and O–H groups in total. The third kappa shape index (κ3) is 1.47. The molecule has 1 aromatic heterocycles. The van der Waals surface area contributed by atoms with E-state index in [2.05, 4.69) is 4.98 Å². The number of aromatic amines is 1. The predicted molar refractivity (Wildman–Crippen MR) is 60.6 cm³/mol. The summed E-state index contributed by atoms with van der Waals surface area (Å²) in [6.45, 7) is 3.41. The van der Waals surface area contributed by atoms with E-state index in [1.54, 1.807) is 26.1 Å². The first-order valence-corrected chi connectivity index (χ1v) is 5.04. The Morgan fingerprint density at radius 2 is 2.12 bits per heavy atom. The summed E-state index contributed by atoms with van der Waals surface area (Å²) in [4.78, 5) is 14.1. The molecule has 1 aromatic carbocycles. The van der Waals surface area contributed by atoms with E-state index < -0.39 is 12.1 Å². The van der Waals surface area contributed by atoms with Crippen LogP contribution in [0.5, 0.6) is 0 Å². The van der Waals surface area contributed by atoms with Gasteiger partial charge in [-0.25, -0.2) is 4.79 Å². The molecule has 0 spiro atoms. The Kier molecular flexibility index (Phi) is 2.44. The van der Waals surface area contributed by atoms with Crippen LogP contribution in [0.1, 0.15) is 34.5 Å². The van der Waals surface area contributed by atoms with Crippen LogP contribution < -0.4 is 0 Å². The van der Waals surface area contributed by atoms with Gasteiger partial charge in [0.1, 0.15) is 0 Å². The van der Waals surface area contributed by atoms with Crippen molar-refractivity contribution in [2.45, 2.75) is 20.0 Å². The molecule has 2 rings (SSSR count). The highest BCUT2D eigenvalue weighted by Crippen LogP contribution is 2.28. The van der Waals surface area contributed by atoms with E-state index in [1.165, 1.54) is 0 Å². The summed E-state index contributed by atoms with van der Waals surface area (Å²) in [7, 11) is 0. The summed E-state index contributed by atoms with van der Waals surface area (Å²) < 4.78 is 0. The molecule has 0 amide bonds. The maximum absolute atomic E-state index is 11.1. The number of carboxylic acids is 1. The molecule has 0 radical (unpaired) electrons. The van der Waals surface area contributed by atoms with Crippen molar-refractivity contribution in [2.24, 2.45) is 0 Å². The second kappa shape index (κ2) is 3.64. The summed E-state index contributed by atoms with van der Waals surface area (Å²) in [6.07, 6.45) is 1.04. The van der Waals surface area contributed by atoms with Crippen molar-refractivity contribution in [3.63, 3.8) is 0 Å². The average Bonchev–Trinajstić information content (AvgIpc) is 2.59. The van der Waals surface area contributed by atoms with Crippen molar-refractivity contribution in [3.05, 3.63) is 35.0 Å². The van der Waals surface area contributed by atoms with E-state index in [0.717, 1.165) is 10.9 Å². The molecule has 1 atom stereocenters. The summed E-state index contributed by atoms with van der Waals surface area (Å²) in [5.74, 6) is -0.956. The molecule has 4 heteroatoms. The van der Waals surface area contributed by atoms with Crippen LogP contribution in [0.4, 0.5) is 0 Å². The largest absolute Gasteiger partial charge is 0.478 e. The third-order valence-corrected chi connectivity index (χ3v) is 2.76. The molecular formula is C12H13NO3. The number of aliphatic hydroxyl groups excluding tert-OH is 1. The normalized spacial score (nSPS) is 12.9. The van der Waals surface area contributed by atoms with E-state index in [-0.39, 0.29) is 5.56 Å². The number of nitrogens with one attached hydrogen (secondary N) is 1. The minimum Gasteiger partial charge on any atom is -0.478 e. The summed E-state index contributed by atoms with van der Waals surface area (Å²) in [5.41, 5.74) is 2.27. The number of rotatable bonds is 2. The van der Waals surface area contributed by atoms with Crippen molar-refractivity contribution in [1.29, 1.82) is 0 Å². The zero-order valence-corrected chi connectivity index (χ0v) is 9.11. The van der Waals surface area contributed by atoms with Crippen LogP contribution >= 0.6 is 0 Å². The fourth-order valence-electron chi connectivity index (χ4n) is 1.95. The number of hydrogen-bond donors (Lipinski definition) is 3. The standard InChI is InChI=1S/C12H13NO3/c1-6-3-4-8-9(7(2)14)5-13-11(8)10(6)12(15)16/h3-5,7,13-14H,1-2H3,(H,15,16). The van der Waals surface area contributed by atoms with Gasteiger partial charge in [0.2, 0.25) is 0 Å². The van der Waals surface area contributed by atoms with Gasteiger partial charge in [0.15, 0.2) is 0 Å². The van der Waals surface area contributed by atoms with Gasteiger partial charge < -0.3 is 15.2 Å². The number of carbonyl (C=O) groups is 1. The second-order valence-electron chi connectivity index (χ2n) is 3.91. The van der Waals surface area contributed by atoms with Gasteiger partial charge in [-0.1, -0.05) is 12.1 Å². The Labute approximate surface area is 92.5 Å². The minimum atomic E-state index is -0.956. The first-order valence-electron chi connectivity index (χ1n) is 5.04. The molecule has 0 aliphatic carbocycles. The SMILES string of the molecule is Cc1ccc2c(C(C)O)c[nH]c2c1C(=O)O. The summed E-state index contributed by atoms with van der Waals surface area (Å²) in [6, 6.07) is 3.58. The first kappa shape index (κ1) is 10.7. The molecule has 1 unspecified atom stereocenters. The van der Waals surface area contributed by atoms with Gasteiger partial charge in [0.25, 0.3) is 0 Å². The van der Waals surface area contributed by atoms with E-state index in [9.17, 15) is 9.90 Å². The molecule has 0 bridgehead atoms. The molecule has 0 aliphatic heterocycles. The van der Waals surface area contributed by atoms with Gasteiger partial charge in [-0.15, -0.1) is 0 Å². The third-order valence-electron chi connectivity index (χ3n) is 2.76. The summed E-state index contributed by atoms with van der Waals surface area (Å²) in [5, 5.41) is 19.4. The van der Waals surface area contributed by atoms with Crippen molar-refractivity contribution >= 4 is 16.9 Å². The van der Waals surface area contributed by atoms with Crippen LogP contribution in [0.3, 0.4) is 0 Å². The zero-order chi connectivity index (χ0) is 11.9. The Hall–Kier alpha value is -1.81. The van der Waals surface area contributed by atoms with Crippen LogP contribution in [-0.2, 0) is 0 Å². The maximum Gasteiger partial charge on any atom is 0.338 e. The molecule has 0 saturated carbocycles. The molecule has 1 heterocycles. The number of H-pyrrole nitrogens is 1. The number of aliphatic hydroxyl groups is 1. The summed E-state index contributed by atoms with van der Waals surface area (Å²) >= 11 is 0. The zero-order valence-electron chi connectivity index (χ0n) is 9.11. The molecule has 0 aliphatic rings. The van der Waals surface area contributed by atoms with E-state index in [4.69, 9.17) is 5.11 Å². The van der Waals surface area contributed by atoms with Crippen molar-refractivity contribution in [1.82, 2.24) is 4.98 Å². The lowest BCUT2D eigenvalue weighted by Gasteiger charge is -2.05. The minimum absolute atomic E-state index is 0.268. The van der Waals surface area contributed by atoms with Crippen LogP contribution in [0.2, 0.25) is 0 Å². The highest BCUT2D eigenvalue weighted by Gasteiger charge is 2.16. The van der Waals surface area contributed by atoms with E-state index in [1.807, 2.05) is 6.07 Å². The Morgan fingerprint density at radius 3 is 2.69 bits per heavy atom. The molecule has 2 aromatic rings. The topological polar surface area (TPSA) is 73.3 Å². The second-order valence-corrected chi connectivity index (χ2v) is 3.91. The van der Waals surface area contributed by atoms with Gasteiger partial charge >= 0.3 is 5.97 Å². The fourth-order valence-corrected chi connectivity index (χ4v) is 1.95. The lowest BCUT2D eigenvalue weighted by atomic mass is 10.0. The van der Waals surface area contributed by atoms with Crippen molar-refractivity contribution < 1.29 is 15.0 Å². The van der Waals surface area contributed by atoms with Crippen molar-refractivity contribution in [3.8, 4) is 0 Å². The van der Waals surface area contributed by atoms with Crippen molar-refractivity contribution in [2.75, 3.05) is 0 Å². The lowest BCUT2D eigenvalue weighted by Crippen LogP contribution is -2.01. The molecular weight excluding hydrogens is 206 g/mol. The van der Waals surface area contributed by atoms with Crippen LogP contribution in [-0.4, -0.2) is 21.2 Å². The number of aryl methyl sites for hydroxylation is 1. The number of carboxylic acid groups (broad SMARTS) is 1. The number of benzene rings is 1. The number of fused-ring (bicyclic) bond motifs is 1. The van der Waals surface area contributed by atoms with Gasteiger partial charge in [0, 0.05) is 17.1 Å². The Morgan fingerprint density at radius 1 is 1.44 bits per heavy atom. The Balaban J connectivity index is 2.81. The average molecular weight is 219 g/mol. The number of hydrogen-bond acceptors (Lipinski definition) is 2. The van der Waals surface area contributed by atoms with Gasteiger partial charge in [0.05, 0.1) is 17.2 Å². The van der Waals surface area contributed by atoms with E-state index in [0.29, 0.717) is 11.1 Å². The highest BCUT2D eigenvalue weighted by molar-refractivity contribution is 6.04. The first-order chi connectivity index (χ1) is 7.52. The molecule has 0 fully saturated rings. The lowest BCUT2D eigenvalue weighted by molar-refractivity contribution is 0.0698. The van der Waals surface area contributed by atoms with Gasteiger partial charge in [-0.05, 0) is 19.4 Å². The quantitative estimate of drug-likeness (QED) is 0.725. The highest BCUT2D eigenvalue weighted by atomic mass is 16.4. The van der Waals surface area contributed by atoms with Crippen LogP contribution in [0.15, 0.2) is 18.3 Å². The number of aromatic nitrogens is 1. The van der Waals surface area contributed by atoms with Gasteiger partial charge in [-0.2, -0.15) is 0 Å². The maximum atomic E-state index is 11.1. The van der Waals surface area contributed by atoms with Crippen LogP contribution in [0, 0.1) is 6.92 Å². The number of aromatic carboxylic acids is 1. The molecule has 84 valence electrons. The Bertz CT molecular complexity index is 555. The van der Waals surface area contributed by atoms with Crippen LogP contribution in [0.25, 0.3) is 10.9 Å². The monoisotopic (exact) mass is 219 g/mol. The molecule has 0 saturated heterocycles. The smallest absolute Gasteiger partial charge is 0.338 e. The predicted octanol–water partition coefficient (Wildman–Crippen LogP) is 2.23. The van der Waals surface area contributed by atoms with E-state index >= 15 is 0 Å². The fraction of sp³-hybridized carbons (Fsp3) is 0.250. The molecule has 16 heavy (non-hydrogen) atoms. The molecule has 4 nitrogen and oxygen atoms in total.